The van der Waals surface area contributed by atoms with Gasteiger partial charge in [0.1, 0.15) is 4.11 Å². The van der Waals surface area contributed by atoms with Gasteiger partial charge in [-0.25, -0.2) is 8.78 Å². The van der Waals surface area contributed by atoms with Crippen molar-refractivity contribution in [1.29, 1.82) is 0 Å². The zero-order valence-corrected chi connectivity index (χ0v) is 12.0. The van der Waals surface area contributed by atoms with Crippen molar-refractivity contribution in [3.63, 3.8) is 0 Å². The number of halogens is 3. The van der Waals surface area contributed by atoms with E-state index in [4.69, 9.17) is 4.74 Å². The van der Waals surface area contributed by atoms with Crippen LogP contribution in [0.5, 0.6) is 0 Å². The summed E-state index contributed by atoms with van der Waals surface area (Å²) in [5.74, 6) is -2.99. The van der Waals surface area contributed by atoms with E-state index < -0.39 is 11.8 Å². The molecule has 0 spiro atoms. The normalized spacial score (nSPS) is 34.8. The molecule has 2 rings (SSSR count). The van der Waals surface area contributed by atoms with E-state index in [9.17, 15) is 8.78 Å². The first-order valence-corrected chi connectivity index (χ1v) is 7.39. The van der Waals surface area contributed by atoms with Crippen molar-refractivity contribution in [1.82, 2.24) is 10.2 Å². The van der Waals surface area contributed by atoms with E-state index >= 15 is 0 Å². The fraction of sp³-hybridized carbons (Fsp3) is 1.00. The van der Waals surface area contributed by atoms with E-state index in [1.165, 1.54) is 0 Å². The van der Waals surface area contributed by atoms with Crippen molar-refractivity contribution in [3.8, 4) is 0 Å². The van der Waals surface area contributed by atoms with Gasteiger partial charge in [0.05, 0.1) is 6.61 Å². The number of ether oxygens (including phenoxy) is 1. The Labute approximate surface area is 114 Å². The molecule has 0 aromatic carbocycles. The molecule has 17 heavy (non-hydrogen) atoms. The molecule has 100 valence electrons. The molecule has 0 radical (unpaired) electrons. The number of hydrogen-bond donors (Lipinski definition) is 1. The maximum Gasteiger partial charge on any atom is 0.253 e. The zero-order valence-electron chi connectivity index (χ0n) is 9.80. The van der Waals surface area contributed by atoms with Crippen LogP contribution in [0.3, 0.4) is 0 Å². The number of nitrogens with zero attached hydrogens (tertiary/aromatic N) is 1. The third-order valence-corrected chi connectivity index (χ3v) is 4.28. The van der Waals surface area contributed by atoms with Crippen LogP contribution in [-0.2, 0) is 4.74 Å². The molecule has 2 unspecified atom stereocenters. The number of piperidine rings is 1. The smallest absolute Gasteiger partial charge is 0.253 e. The summed E-state index contributed by atoms with van der Waals surface area (Å²) in [7, 11) is 0. The molecule has 2 heterocycles. The Balaban J connectivity index is 1.76. The lowest BCUT2D eigenvalue weighted by Gasteiger charge is -2.35. The summed E-state index contributed by atoms with van der Waals surface area (Å²) in [6, 6.07) is 0. The summed E-state index contributed by atoms with van der Waals surface area (Å²) in [4.78, 5) is 2.23. The van der Waals surface area contributed by atoms with Crippen LogP contribution in [-0.4, -0.2) is 54.3 Å². The molecule has 0 saturated carbocycles. The molecule has 0 aromatic heterocycles. The molecular weight excluding hydrogens is 341 g/mol. The molecule has 2 atom stereocenters. The quantitative estimate of drug-likeness (QED) is 0.613. The highest BCUT2D eigenvalue weighted by atomic mass is 127. The molecule has 0 amide bonds. The summed E-state index contributed by atoms with van der Waals surface area (Å²) in [5, 5.41) is 3.06. The molecule has 2 saturated heterocycles. The van der Waals surface area contributed by atoms with Crippen LogP contribution in [0.2, 0.25) is 0 Å². The second-order valence-corrected chi connectivity index (χ2v) is 6.17. The molecule has 0 aromatic rings. The molecular formula is C11H19F2IN2O. The van der Waals surface area contributed by atoms with E-state index in [0.29, 0.717) is 26.1 Å². The maximum absolute atomic E-state index is 13.6. The van der Waals surface area contributed by atoms with Gasteiger partial charge in [0.2, 0.25) is 0 Å². The van der Waals surface area contributed by atoms with Crippen molar-refractivity contribution in [3.05, 3.63) is 0 Å². The molecule has 2 aliphatic heterocycles. The average Bonchev–Trinajstić information content (AvgIpc) is 2.27. The summed E-state index contributed by atoms with van der Waals surface area (Å²) >= 11 is 2.25. The van der Waals surface area contributed by atoms with Gasteiger partial charge in [-0.05, 0) is 35.6 Å². The Morgan fingerprint density at radius 2 is 2.29 bits per heavy atom. The van der Waals surface area contributed by atoms with Gasteiger partial charge in [-0.2, -0.15) is 0 Å². The number of nitrogens with one attached hydrogen (secondary N) is 1. The van der Waals surface area contributed by atoms with Gasteiger partial charge >= 0.3 is 0 Å². The average molecular weight is 360 g/mol. The Kier molecular flexibility index (Phi) is 4.96. The second-order valence-electron chi connectivity index (χ2n) is 4.78. The van der Waals surface area contributed by atoms with E-state index in [2.05, 4.69) is 32.8 Å². The lowest BCUT2D eigenvalue weighted by Crippen LogP contribution is -2.47. The Morgan fingerprint density at radius 3 is 3.00 bits per heavy atom. The molecule has 2 aliphatic rings. The van der Waals surface area contributed by atoms with E-state index in [1.54, 1.807) is 0 Å². The lowest BCUT2D eigenvalue weighted by atomic mass is 9.91. The number of hydrogen-bond acceptors (Lipinski definition) is 3. The highest BCUT2D eigenvalue weighted by Crippen LogP contribution is 2.32. The Bertz CT molecular complexity index is 256. The van der Waals surface area contributed by atoms with Gasteiger partial charge in [0.25, 0.3) is 5.92 Å². The predicted octanol–water partition coefficient (Wildman–Crippen LogP) is 1.71. The Morgan fingerprint density at radius 1 is 1.47 bits per heavy atom. The Hall–Kier alpha value is 0.470. The van der Waals surface area contributed by atoms with Gasteiger partial charge in [-0.3, -0.25) is 4.90 Å². The first kappa shape index (κ1) is 13.9. The molecule has 0 aliphatic carbocycles. The predicted molar refractivity (Wildman–Crippen MR) is 70.7 cm³/mol. The summed E-state index contributed by atoms with van der Waals surface area (Å²) < 4.78 is 32.9. The van der Waals surface area contributed by atoms with Crippen LogP contribution < -0.4 is 5.32 Å². The number of rotatable bonds is 3. The van der Waals surface area contributed by atoms with E-state index in [-0.39, 0.29) is 10.5 Å². The standard InChI is InChI=1S/C11H19F2IN2O/c12-11(13)2-3-15-7-9(11)1-4-16-5-6-17-10(14)8-16/h9-10,15H,1-8H2. The monoisotopic (exact) mass is 360 g/mol. The van der Waals surface area contributed by atoms with Crippen LogP contribution in [0.1, 0.15) is 12.8 Å². The fourth-order valence-electron chi connectivity index (χ4n) is 2.40. The van der Waals surface area contributed by atoms with Gasteiger partial charge in [-0.1, -0.05) is 0 Å². The molecule has 6 heteroatoms. The van der Waals surface area contributed by atoms with Crippen molar-refractivity contribution < 1.29 is 13.5 Å². The highest BCUT2D eigenvalue weighted by Gasteiger charge is 2.41. The van der Waals surface area contributed by atoms with E-state index in [0.717, 1.165) is 19.6 Å². The maximum atomic E-state index is 13.6. The van der Waals surface area contributed by atoms with Gasteiger partial charge < -0.3 is 10.1 Å². The first-order valence-electron chi connectivity index (χ1n) is 6.14. The van der Waals surface area contributed by atoms with Gasteiger partial charge in [-0.15, -0.1) is 0 Å². The van der Waals surface area contributed by atoms with Crippen LogP contribution in [0.4, 0.5) is 8.78 Å². The fourth-order valence-corrected chi connectivity index (χ4v) is 3.21. The third kappa shape index (κ3) is 3.97. The minimum absolute atomic E-state index is 0.0182. The number of alkyl halides is 3. The lowest BCUT2D eigenvalue weighted by molar-refractivity contribution is -0.0845. The van der Waals surface area contributed by atoms with Crippen LogP contribution >= 0.6 is 22.6 Å². The van der Waals surface area contributed by atoms with E-state index in [1.807, 2.05) is 0 Å². The van der Waals surface area contributed by atoms with Crippen molar-refractivity contribution >= 4 is 22.6 Å². The second kappa shape index (κ2) is 6.08. The minimum Gasteiger partial charge on any atom is -0.365 e. The molecule has 0 bridgehead atoms. The molecule has 2 fully saturated rings. The largest absolute Gasteiger partial charge is 0.365 e. The van der Waals surface area contributed by atoms with Crippen LogP contribution in [0, 0.1) is 5.92 Å². The summed E-state index contributed by atoms with van der Waals surface area (Å²) in [6.07, 6.45) is 0.555. The zero-order chi connectivity index (χ0) is 12.3. The highest BCUT2D eigenvalue weighted by molar-refractivity contribution is 14.1. The summed E-state index contributed by atoms with van der Waals surface area (Å²) in [5.41, 5.74) is 0. The first-order chi connectivity index (χ1) is 8.08. The van der Waals surface area contributed by atoms with Crippen LogP contribution in [0.25, 0.3) is 0 Å². The minimum atomic E-state index is -2.48. The van der Waals surface area contributed by atoms with Crippen LogP contribution in [0.15, 0.2) is 0 Å². The van der Waals surface area contributed by atoms with Gasteiger partial charge in [0.15, 0.2) is 0 Å². The van der Waals surface area contributed by atoms with Gasteiger partial charge in [0, 0.05) is 38.5 Å². The molecule has 1 N–H and O–H groups in total. The third-order valence-electron chi connectivity index (χ3n) is 3.52. The topological polar surface area (TPSA) is 24.5 Å². The SMILES string of the molecule is FC1(F)CCNCC1CCN1CCOC(I)C1. The van der Waals surface area contributed by atoms with Crippen molar-refractivity contribution in [2.75, 3.05) is 39.3 Å². The summed E-state index contributed by atoms with van der Waals surface area (Å²) in [6.45, 7) is 4.08. The van der Waals surface area contributed by atoms with Crippen molar-refractivity contribution in [2.45, 2.75) is 22.9 Å². The van der Waals surface area contributed by atoms with Crippen molar-refractivity contribution in [2.24, 2.45) is 5.92 Å². The number of morpholine rings is 1. The molecule has 3 nitrogen and oxygen atoms in total.